The third kappa shape index (κ3) is 4.33. The minimum absolute atomic E-state index is 0.221. The standard InChI is InChI=1S/C20H30O2/c1-15-2-7-17(8-3-15)18-9-4-16(5-10-18)6-12-20-13-11-19(21)14-22-20/h2-3,7-8,16,18-21H,4-6,9-14H2,1H3. The maximum Gasteiger partial charge on any atom is 0.0774 e. The van der Waals surface area contributed by atoms with Crippen molar-refractivity contribution >= 4 is 0 Å². The molecule has 2 unspecified atom stereocenters. The molecule has 1 heterocycles. The molecule has 1 aromatic rings. The van der Waals surface area contributed by atoms with Crippen molar-refractivity contribution in [1.29, 1.82) is 0 Å². The van der Waals surface area contributed by atoms with Crippen molar-refractivity contribution in [2.24, 2.45) is 5.92 Å². The van der Waals surface area contributed by atoms with Gasteiger partial charge in [-0.2, -0.15) is 0 Å². The Bertz CT molecular complexity index is 437. The topological polar surface area (TPSA) is 29.5 Å². The van der Waals surface area contributed by atoms with Crippen LogP contribution in [0.25, 0.3) is 0 Å². The van der Waals surface area contributed by atoms with E-state index in [4.69, 9.17) is 4.74 Å². The fourth-order valence-corrected chi connectivity index (χ4v) is 4.06. The molecule has 2 heteroatoms. The Kier molecular flexibility index (Phi) is 5.54. The molecule has 0 amide bonds. The fourth-order valence-electron chi connectivity index (χ4n) is 4.06. The molecule has 2 nitrogen and oxygen atoms in total. The van der Waals surface area contributed by atoms with Crippen LogP contribution < -0.4 is 0 Å². The highest BCUT2D eigenvalue weighted by atomic mass is 16.5. The van der Waals surface area contributed by atoms with Crippen molar-refractivity contribution in [1.82, 2.24) is 0 Å². The van der Waals surface area contributed by atoms with Gasteiger partial charge < -0.3 is 9.84 Å². The Morgan fingerprint density at radius 3 is 2.32 bits per heavy atom. The summed E-state index contributed by atoms with van der Waals surface area (Å²) in [5, 5.41) is 9.47. The van der Waals surface area contributed by atoms with Crippen molar-refractivity contribution in [3.05, 3.63) is 35.4 Å². The SMILES string of the molecule is Cc1ccc(C2CCC(CCC3CCC(O)CO3)CC2)cc1. The molecule has 1 aromatic carbocycles. The predicted octanol–water partition coefficient (Wildman–Crippen LogP) is 4.59. The minimum atomic E-state index is -0.221. The summed E-state index contributed by atoms with van der Waals surface area (Å²) in [6.45, 7) is 2.71. The van der Waals surface area contributed by atoms with Crippen LogP contribution >= 0.6 is 0 Å². The van der Waals surface area contributed by atoms with Gasteiger partial charge in [-0.3, -0.25) is 0 Å². The van der Waals surface area contributed by atoms with Crippen molar-refractivity contribution in [2.45, 2.75) is 76.4 Å². The van der Waals surface area contributed by atoms with Crippen LogP contribution in [0.3, 0.4) is 0 Å². The lowest BCUT2D eigenvalue weighted by Crippen LogP contribution is -2.29. The predicted molar refractivity (Wildman–Crippen MR) is 90.1 cm³/mol. The molecular formula is C20H30O2. The van der Waals surface area contributed by atoms with Gasteiger partial charge in [-0.25, -0.2) is 0 Å². The van der Waals surface area contributed by atoms with Crippen molar-refractivity contribution in [3.63, 3.8) is 0 Å². The Balaban J connectivity index is 1.39. The molecule has 1 aliphatic heterocycles. The molecule has 0 radical (unpaired) electrons. The Labute approximate surface area is 134 Å². The first-order chi connectivity index (χ1) is 10.7. The van der Waals surface area contributed by atoms with Crippen LogP contribution in [0.4, 0.5) is 0 Å². The smallest absolute Gasteiger partial charge is 0.0774 e. The number of benzene rings is 1. The highest BCUT2D eigenvalue weighted by molar-refractivity contribution is 5.24. The molecule has 0 bridgehead atoms. The van der Waals surface area contributed by atoms with Crippen LogP contribution in [0.2, 0.25) is 0 Å². The molecule has 0 spiro atoms. The molecule has 1 N–H and O–H groups in total. The van der Waals surface area contributed by atoms with E-state index < -0.39 is 0 Å². The van der Waals surface area contributed by atoms with E-state index in [0.717, 1.165) is 24.7 Å². The number of rotatable bonds is 4. The Morgan fingerprint density at radius 1 is 0.955 bits per heavy atom. The molecule has 122 valence electrons. The monoisotopic (exact) mass is 302 g/mol. The average molecular weight is 302 g/mol. The first-order valence-electron chi connectivity index (χ1n) is 9.07. The summed E-state index contributed by atoms with van der Waals surface area (Å²) < 4.78 is 5.73. The quantitative estimate of drug-likeness (QED) is 0.881. The van der Waals surface area contributed by atoms with E-state index in [9.17, 15) is 5.11 Å². The summed E-state index contributed by atoms with van der Waals surface area (Å²) in [5.74, 6) is 1.66. The van der Waals surface area contributed by atoms with Crippen LogP contribution in [0.1, 0.15) is 68.4 Å². The first kappa shape index (κ1) is 16.0. The van der Waals surface area contributed by atoms with Crippen LogP contribution in [-0.4, -0.2) is 23.9 Å². The second kappa shape index (κ2) is 7.61. The van der Waals surface area contributed by atoms with E-state index in [1.807, 2.05) is 0 Å². The van der Waals surface area contributed by atoms with E-state index in [-0.39, 0.29) is 6.10 Å². The van der Waals surface area contributed by atoms with Crippen LogP contribution in [0.15, 0.2) is 24.3 Å². The lowest BCUT2D eigenvalue weighted by molar-refractivity contribution is -0.0601. The van der Waals surface area contributed by atoms with Crippen molar-refractivity contribution in [2.75, 3.05) is 6.61 Å². The van der Waals surface area contributed by atoms with Gasteiger partial charge in [0.2, 0.25) is 0 Å². The van der Waals surface area contributed by atoms with Gasteiger partial charge in [0.15, 0.2) is 0 Å². The highest BCUT2D eigenvalue weighted by Crippen LogP contribution is 2.38. The number of aliphatic hydroxyl groups is 1. The maximum atomic E-state index is 9.47. The van der Waals surface area contributed by atoms with Crippen LogP contribution in [0, 0.1) is 12.8 Å². The molecule has 2 atom stereocenters. The number of ether oxygens (including phenoxy) is 1. The van der Waals surface area contributed by atoms with Gasteiger partial charge in [0.1, 0.15) is 0 Å². The summed E-state index contributed by atoms with van der Waals surface area (Å²) in [6, 6.07) is 9.13. The maximum absolute atomic E-state index is 9.47. The second-order valence-electron chi connectivity index (χ2n) is 7.39. The van der Waals surface area contributed by atoms with E-state index >= 15 is 0 Å². The summed E-state index contributed by atoms with van der Waals surface area (Å²) in [5.41, 5.74) is 2.89. The average Bonchev–Trinajstić information content (AvgIpc) is 2.56. The van der Waals surface area contributed by atoms with Crippen molar-refractivity contribution in [3.8, 4) is 0 Å². The minimum Gasteiger partial charge on any atom is -0.391 e. The fraction of sp³-hybridized carbons (Fsp3) is 0.700. The number of aryl methyl sites for hydroxylation is 1. The van der Waals surface area contributed by atoms with Gasteiger partial charge in [0.25, 0.3) is 0 Å². The highest BCUT2D eigenvalue weighted by Gasteiger charge is 2.25. The number of hydrogen-bond acceptors (Lipinski definition) is 2. The van der Waals surface area contributed by atoms with Gasteiger partial charge >= 0.3 is 0 Å². The third-order valence-electron chi connectivity index (χ3n) is 5.64. The molecular weight excluding hydrogens is 272 g/mol. The molecule has 1 aliphatic carbocycles. The van der Waals surface area contributed by atoms with E-state index in [0.29, 0.717) is 12.7 Å². The molecule has 1 saturated carbocycles. The molecule has 3 rings (SSSR count). The first-order valence-corrected chi connectivity index (χ1v) is 9.07. The summed E-state index contributed by atoms with van der Waals surface area (Å²) in [7, 11) is 0. The number of hydrogen-bond donors (Lipinski definition) is 1. The van der Waals surface area contributed by atoms with E-state index in [1.54, 1.807) is 0 Å². The number of aliphatic hydroxyl groups excluding tert-OH is 1. The summed E-state index contributed by atoms with van der Waals surface area (Å²) >= 11 is 0. The van der Waals surface area contributed by atoms with Crippen LogP contribution in [0.5, 0.6) is 0 Å². The zero-order valence-electron chi connectivity index (χ0n) is 13.8. The molecule has 2 fully saturated rings. The van der Waals surface area contributed by atoms with E-state index in [2.05, 4.69) is 31.2 Å². The Morgan fingerprint density at radius 2 is 1.68 bits per heavy atom. The van der Waals surface area contributed by atoms with Crippen molar-refractivity contribution < 1.29 is 9.84 Å². The van der Waals surface area contributed by atoms with E-state index in [1.165, 1.54) is 49.7 Å². The molecule has 22 heavy (non-hydrogen) atoms. The lowest BCUT2D eigenvalue weighted by atomic mass is 9.76. The summed E-state index contributed by atoms with van der Waals surface area (Å²) in [4.78, 5) is 0. The van der Waals surface area contributed by atoms with Gasteiger partial charge in [0, 0.05) is 0 Å². The Hall–Kier alpha value is -0.860. The largest absolute Gasteiger partial charge is 0.391 e. The zero-order chi connectivity index (χ0) is 15.4. The van der Waals surface area contributed by atoms with Gasteiger partial charge in [-0.1, -0.05) is 29.8 Å². The molecule has 0 aromatic heterocycles. The normalized spacial score (nSPS) is 32.8. The van der Waals surface area contributed by atoms with Gasteiger partial charge in [-0.05, 0) is 75.7 Å². The van der Waals surface area contributed by atoms with Crippen LogP contribution in [-0.2, 0) is 4.74 Å². The zero-order valence-corrected chi connectivity index (χ0v) is 13.8. The second-order valence-corrected chi connectivity index (χ2v) is 7.39. The molecule has 1 saturated heterocycles. The lowest BCUT2D eigenvalue weighted by Gasteiger charge is -2.31. The molecule has 2 aliphatic rings. The summed E-state index contributed by atoms with van der Waals surface area (Å²) in [6.07, 6.45) is 10.1. The van der Waals surface area contributed by atoms with Gasteiger partial charge in [-0.15, -0.1) is 0 Å². The third-order valence-corrected chi connectivity index (χ3v) is 5.64. The van der Waals surface area contributed by atoms with Gasteiger partial charge in [0.05, 0.1) is 18.8 Å².